The first kappa shape index (κ1) is 16.7. The van der Waals surface area contributed by atoms with E-state index in [0.717, 1.165) is 6.07 Å². The highest BCUT2D eigenvalue weighted by molar-refractivity contribution is 7.89. The van der Waals surface area contributed by atoms with Gasteiger partial charge in [-0.3, -0.25) is 10.1 Å². The zero-order chi connectivity index (χ0) is 16.5. The molecular weight excluding hydrogens is 310 g/mol. The predicted molar refractivity (Wildman–Crippen MR) is 81.6 cm³/mol. The monoisotopic (exact) mass is 329 g/mol. The Balaban J connectivity index is 2.46. The highest BCUT2D eigenvalue weighted by Crippen LogP contribution is 2.32. The maximum absolute atomic E-state index is 11.8. The SMILES string of the molecule is CNS(=O)(=O)c1ccc(N2C[C@H](C)O[C@@H](C)C2)c([N+](=O)[O-])c1. The Hall–Kier alpha value is -1.71. The Morgan fingerprint density at radius 1 is 1.32 bits per heavy atom. The van der Waals surface area contributed by atoms with Gasteiger partial charge in [0.15, 0.2) is 0 Å². The largest absolute Gasteiger partial charge is 0.372 e. The van der Waals surface area contributed by atoms with Crippen LogP contribution in [0.2, 0.25) is 0 Å². The van der Waals surface area contributed by atoms with Crippen LogP contribution in [0.15, 0.2) is 23.1 Å². The Labute approximate surface area is 129 Å². The number of benzene rings is 1. The Kier molecular flexibility index (Phi) is 4.69. The second-order valence-electron chi connectivity index (χ2n) is 5.28. The van der Waals surface area contributed by atoms with Gasteiger partial charge < -0.3 is 9.64 Å². The molecule has 0 amide bonds. The molecule has 0 unspecified atom stereocenters. The van der Waals surface area contributed by atoms with Gasteiger partial charge in [0, 0.05) is 19.2 Å². The second kappa shape index (κ2) is 6.19. The third-order valence-electron chi connectivity index (χ3n) is 3.48. The molecule has 1 fully saturated rings. The molecule has 2 rings (SSSR count). The van der Waals surface area contributed by atoms with Crippen LogP contribution in [-0.2, 0) is 14.8 Å². The summed E-state index contributed by atoms with van der Waals surface area (Å²) in [4.78, 5) is 12.5. The van der Waals surface area contributed by atoms with Gasteiger partial charge in [-0.15, -0.1) is 0 Å². The highest BCUT2D eigenvalue weighted by atomic mass is 32.2. The van der Waals surface area contributed by atoms with Crippen LogP contribution in [0.1, 0.15) is 13.8 Å². The van der Waals surface area contributed by atoms with Crippen molar-refractivity contribution in [1.29, 1.82) is 0 Å². The molecule has 0 radical (unpaired) electrons. The molecule has 0 spiro atoms. The van der Waals surface area contributed by atoms with Gasteiger partial charge in [-0.1, -0.05) is 0 Å². The number of nitrogens with zero attached hydrogens (tertiary/aromatic N) is 2. The molecule has 1 heterocycles. The number of hydrogen-bond donors (Lipinski definition) is 1. The van der Waals surface area contributed by atoms with E-state index in [1.165, 1.54) is 19.2 Å². The van der Waals surface area contributed by atoms with Crippen molar-refractivity contribution in [2.24, 2.45) is 0 Å². The third kappa shape index (κ3) is 3.37. The van der Waals surface area contributed by atoms with Crippen LogP contribution in [0.3, 0.4) is 0 Å². The lowest BCUT2D eigenvalue weighted by atomic mass is 10.2. The van der Waals surface area contributed by atoms with E-state index in [-0.39, 0.29) is 22.8 Å². The first-order valence-electron chi connectivity index (χ1n) is 6.87. The first-order chi connectivity index (χ1) is 10.2. The number of sulfonamides is 1. The Morgan fingerprint density at radius 3 is 2.41 bits per heavy atom. The number of hydrogen-bond acceptors (Lipinski definition) is 6. The smallest absolute Gasteiger partial charge is 0.293 e. The van der Waals surface area contributed by atoms with Gasteiger partial charge in [0.1, 0.15) is 5.69 Å². The molecule has 1 aliphatic rings. The van der Waals surface area contributed by atoms with Crippen molar-refractivity contribution < 1.29 is 18.1 Å². The lowest BCUT2D eigenvalue weighted by Crippen LogP contribution is -2.45. The van der Waals surface area contributed by atoms with Crippen LogP contribution in [0.5, 0.6) is 0 Å². The minimum Gasteiger partial charge on any atom is -0.372 e. The summed E-state index contributed by atoms with van der Waals surface area (Å²) >= 11 is 0. The van der Waals surface area contributed by atoms with Gasteiger partial charge in [-0.2, -0.15) is 0 Å². The van der Waals surface area contributed by atoms with Crippen LogP contribution < -0.4 is 9.62 Å². The molecule has 0 saturated carbocycles. The zero-order valence-corrected chi connectivity index (χ0v) is 13.5. The fraction of sp³-hybridized carbons (Fsp3) is 0.538. The maximum Gasteiger partial charge on any atom is 0.293 e. The lowest BCUT2D eigenvalue weighted by Gasteiger charge is -2.36. The summed E-state index contributed by atoms with van der Waals surface area (Å²) in [5.41, 5.74) is 0.180. The topological polar surface area (TPSA) is 102 Å². The quantitative estimate of drug-likeness (QED) is 0.656. The van der Waals surface area contributed by atoms with Crippen LogP contribution in [-0.4, -0.2) is 45.7 Å². The molecule has 1 aromatic rings. The first-order valence-corrected chi connectivity index (χ1v) is 8.35. The molecule has 9 heteroatoms. The van der Waals surface area contributed by atoms with Crippen molar-refractivity contribution in [3.05, 3.63) is 28.3 Å². The van der Waals surface area contributed by atoms with E-state index in [0.29, 0.717) is 18.8 Å². The molecular formula is C13H19N3O5S. The van der Waals surface area contributed by atoms with Crippen molar-refractivity contribution in [2.75, 3.05) is 25.0 Å². The average molecular weight is 329 g/mol. The van der Waals surface area contributed by atoms with Gasteiger partial charge >= 0.3 is 0 Å². The van der Waals surface area contributed by atoms with Crippen LogP contribution in [0, 0.1) is 10.1 Å². The summed E-state index contributed by atoms with van der Waals surface area (Å²) in [5.74, 6) is 0. The summed E-state index contributed by atoms with van der Waals surface area (Å²) in [6.07, 6.45) is -0.104. The minimum atomic E-state index is -3.72. The van der Waals surface area contributed by atoms with Gasteiger partial charge in [-0.25, -0.2) is 13.1 Å². The van der Waals surface area contributed by atoms with Crippen LogP contribution >= 0.6 is 0 Å². The molecule has 2 atom stereocenters. The summed E-state index contributed by atoms with van der Waals surface area (Å²) in [6, 6.07) is 3.94. The number of nitro groups is 1. The van der Waals surface area contributed by atoms with Gasteiger partial charge in [-0.05, 0) is 33.0 Å². The maximum atomic E-state index is 11.8. The predicted octanol–water partition coefficient (Wildman–Crippen LogP) is 1.12. The number of nitrogens with one attached hydrogen (secondary N) is 1. The fourth-order valence-electron chi connectivity index (χ4n) is 2.58. The molecule has 122 valence electrons. The van der Waals surface area contributed by atoms with Crippen LogP contribution in [0.25, 0.3) is 0 Å². The van der Waals surface area contributed by atoms with E-state index in [4.69, 9.17) is 4.74 Å². The summed E-state index contributed by atoms with van der Waals surface area (Å²) in [7, 11) is -2.46. The number of rotatable bonds is 4. The number of ether oxygens (including phenoxy) is 1. The van der Waals surface area contributed by atoms with Gasteiger partial charge in [0.2, 0.25) is 10.0 Å². The van der Waals surface area contributed by atoms with Crippen LogP contribution in [0.4, 0.5) is 11.4 Å². The molecule has 22 heavy (non-hydrogen) atoms. The van der Waals surface area contributed by atoms with E-state index < -0.39 is 14.9 Å². The minimum absolute atomic E-state index is 0.0518. The Morgan fingerprint density at radius 2 is 1.91 bits per heavy atom. The zero-order valence-electron chi connectivity index (χ0n) is 12.6. The third-order valence-corrected chi connectivity index (χ3v) is 4.89. The normalized spacial score (nSPS) is 22.6. The number of anilines is 1. The lowest BCUT2D eigenvalue weighted by molar-refractivity contribution is -0.384. The average Bonchev–Trinajstić information content (AvgIpc) is 2.45. The van der Waals surface area contributed by atoms with E-state index in [1.54, 1.807) is 0 Å². The number of nitro benzene ring substituents is 1. The van der Waals surface area contributed by atoms with Gasteiger partial charge in [0.25, 0.3) is 5.69 Å². The molecule has 1 N–H and O–H groups in total. The van der Waals surface area contributed by atoms with Crippen molar-refractivity contribution >= 4 is 21.4 Å². The Bertz CT molecular complexity index is 666. The summed E-state index contributed by atoms with van der Waals surface area (Å²) in [5, 5.41) is 11.3. The standard InChI is InChI=1S/C13H19N3O5S/c1-9-7-15(8-10(2)21-9)12-5-4-11(22(19,20)14-3)6-13(12)16(17)18/h4-6,9-10,14H,7-8H2,1-3H3/t9-,10-/m0/s1. The summed E-state index contributed by atoms with van der Waals surface area (Å²) in [6.45, 7) is 4.83. The molecule has 0 aliphatic carbocycles. The molecule has 1 aliphatic heterocycles. The number of morpholine rings is 1. The molecule has 0 aromatic heterocycles. The molecule has 1 saturated heterocycles. The molecule has 0 bridgehead atoms. The molecule has 8 nitrogen and oxygen atoms in total. The van der Waals surface area contributed by atoms with Crippen molar-refractivity contribution in [3.63, 3.8) is 0 Å². The van der Waals surface area contributed by atoms with Gasteiger partial charge in [0.05, 0.1) is 22.0 Å². The second-order valence-corrected chi connectivity index (χ2v) is 7.16. The van der Waals surface area contributed by atoms with E-state index in [9.17, 15) is 18.5 Å². The van der Waals surface area contributed by atoms with Crippen molar-refractivity contribution in [2.45, 2.75) is 31.0 Å². The summed E-state index contributed by atoms with van der Waals surface area (Å²) < 4.78 is 31.4. The highest BCUT2D eigenvalue weighted by Gasteiger charge is 2.28. The van der Waals surface area contributed by atoms with Crippen molar-refractivity contribution in [3.8, 4) is 0 Å². The van der Waals surface area contributed by atoms with E-state index >= 15 is 0 Å². The molecule has 1 aromatic carbocycles. The van der Waals surface area contributed by atoms with E-state index in [1.807, 2.05) is 18.7 Å². The fourth-order valence-corrected chi connectivity index (χ4v) is 3.33. The van der Waals surface area contributed by atoms with Crippen molar-refractivity contribution in [1.82, 2.24) is 4.72 Å². The van der Waals surface area contributed by atoms with E-state index in [2.05, 4.69) is 4.72 Å².